The number of amides is 1. The number of fused-ring (bicyclic) bond motifs is 1. The summed E-state index contributed by atoms with van der Waals surface area (Å²) < 4.78 is 27.5. The molecule has 0 saturated carbocycles. The molecule has 3 rings (SSSR count). The van der Waals surface area contributed by atoms with Crippen LogP contribution in [-0.2, 0) is 23.0 Å². The Bertz CT molecular complexity index is 907. The molecular weight excluding hydrogens is 360 g/mol. The molecule has 0 saturated heterocycles. The van der Waals surface area contributed by atoms with Crippen molar-refractivity contribution in [1.82, 2.24) is 9.21 Å². The standard InChI is InChI=1S/C21H26N2O3S/c1-3-4-14-22(2)21(24)18-9-11-20(12-10-18)27(25,26)23-15-13-17-7-5-6-8-19(17)16-23/h5-12H,3-4,13-16H2,1-2H3. The Kier molecular flexibility index (Phi) is 5.97. The molecule has 0 bridgehead atoms. The molecule has 2 aromatic rings. The lowest BCUT2D eigenvalue weighted by molar-refractivity contribution is 0.0793. The lowest BCUT2D eigenvalue weighted by atomic mass is 10.0. The zero-order valence-electron chi connectivity index (χ0n) is 15.9. The average molecular weight is 387 g/mol. The number of hydrogen-bond donors (Lipinski definition) is 0. The topological polar surface area (TPSA) is 57.7 Å². The van der Waals surface area contributed by atoms with Gasteiger partial charge in [0, 0.05) is 32.2 Å². The maximum absolute atomic E-state index is 13.0. The van der Waals surface area contributed by atoms with Crippen LogP contribution in [-0.4, -0.2) is 43.7 Å². The molecule has 0 aliphatic carbocycles. The van der Waals surface area contributed by atoms with Crippen LogP contribution in [0.25, 0.3) is 0 Å². The normalized spacial score (nSPS) is 14.6. The molecule has 0 fully saturated rings. The van der Waals surface area contributed by atoms with Crippen molar-refractivity contribution in [1.29, 1.82) is 0 Å². The summed E-state index contributed by atoms with van der Waals surface area (Å²) in [5, 5.41) is 0. The van der Waals surface area contributed by atoms with E-state index >= 15 is 0 Å². The van der Waals surface area contributed by atoms with Crippen LogP contribution in [0.15, 0.2) is 53.4 Å². The molecule has 1 heterocycles. The lowest BCUT2D eigenvalue weighted by Crippen LogP contribution is -2.36. The van der Waals surface area contributed by atoms with Crippen LogP contribution in [0.1, 0.15) is 41.3 Å². The van der Waals surface area contributed by atoms with Crippen molar-refractivity contribution in [3.63, 3.8) is 0 Å². The summed E-state index contributed by atoms with van der Waals surface area (Å²) in [6, 6.07) is 14.2. The summed E-state index contributed by atoms with van der Waals surface area (Å²) in [6.45, 7) is 3.64. The molecule has 27 heavy (non-hydrogen) atoms. The van der Waals surface area contributed by atoms with Gasteiger partial charge in [0.1, 0.15) is 0 Å². The maximum atomic E-state index is 13.0. The second-order valence-electron chi connectivity index (χ2n) is 6.96. The number of sulfonamides is 1. The Morgan fingerprint density at radius 2 is 1.74 bits per heavy atom. The Morgan fingerprint density at radius 3 is 2.41 bits per heavy atom. The van der Waals surface area contributed by atoms with Crippen molar-refractivity contribution in [3.05, 3.63) is 65.2 Å². The van der Waals surface area contributed by atoms with Crippen molar-refractivity contribution in [2.75, 3.05) is 20.1 Å². The van der Waals surface area contributed by atoms with Crippen molar-refractivity contribution >= 4 is 15.9 Å². The molecule has 2 aromatic carbocycles. The van der Waals surface area contributed by atoms with E-state index in [-0.39, 0.29) is 10.8 Å². The van der Waals surface area contributed by atoms with Crippen LogP contribution in [0.2, 0.25) is 0 Å². The highest BCUT2D eigenvalue weighted by Gasteiger charge is 2.28. The number of benzene rings is 2. The molecule has 1 aliphatic heterocycles. The van der Waals surface area contributed by atoms with E-state index in [1.807, 2.05) is 18.2 Å². The summed E-state index contributed by atoms with van der Waals surface area (Å²) in [4.78, 5) is 14.3. The Hall–Kier alpha value is -2.18. The summed E-state index contributed by atoms with van der Waals surface area (Å²) in [5.41, 5.74) is 2.77. The van der Waals surface area contributed by atoms with E-state index in [1.165, 1.54) is 22.0 Å². The Morgan fingerprint density at radius 1 is 1.07 bits per heavy atom. The van der Waals surface area contributed by atoms with E-state index in [4.69, 9.17) is 0 Å². The third kappa shape index (κ3) is 4.22. The highest BCUT2D eigenvalue weighted by atomic mass is 32.2. The molecule has 0 aromatic heterocycles. The molecule has 0 atom stereocenters. The molecule has 5 nitrogen and oxygen atoms in total. The molecule has 144 valence electrons. The highest BCUT2D eigenvalue weighted by molar-refractivity contribution is 7.89. The van der Waals surface area contributed by atoms with Gasteiger partial charge in [-0.1, -0.05) is 37.6 Å². The fraction of sp³-hybridized carbons (Fsp3) is 0.381. The average Bonchev–Trinajstić information content (AvgIpc) is 2.71. The SMILES string of the molecule is CCCCN(C)C(=O)c1ccc(S(=O)(=O)N2CCc3ccccc3C2)cc1. The van der Waals surface area contributed by atoms with Gasteiger partial charge >= 0.3 is 0 Å². The minimum Gasteiger partial charge on any atom is -0.342 e. The minimum atomic E-state index is -3.57. The molecule has 1 aliphatic rings. The van der Waals surface area contributed by atoms with E-state index in [0.717, 1.165) is 18.4 Å². The third-order valence-corrected chi connectivity index (χ3v) is 6.89. The number of carbonyl (C=O) groups excluding carboxylic acids is 1. The number of nitrogens with zero attached hydrogens (tertiary/aromatic N) is 2. The van der Waals surface area contributed by atoms with Crippen LogP contribution < -0.4 is 0 Å². The fourth-order valence-corrected chi connectivity index (χ4v) is 4.73. The van der Waals surface area contributed by atoms with Gasteiger partial charge in [0.15, 0.2) is 0 Å². The number of rotatable bonds is 6. The molecule has 0 spiro atoms. The van der Waals surface area contributed by atoms with Gasteiger partial charge in [-0.3, -0.25) is 4.79 Å². The first-order valence-corrected chi connectivity index (χ1v) is 10.8. The predicted molar refractivity (Wildman–Crippen MR) is 106 cm³/mol. The van der Waals surface area contributed by atoms with Crippen LogP contribution >= 0.6 is 0 Å². The first-order chi connectivity index (χ1) is 12.9. The van der Waals surface area contributed by atoms with Crippen LogP contribution in [0, 0.1) is 0 Å². The van der Waals surface area contributed by atoms with E-state index < -0.39 is 10.0 Å². The van der Waals surface area contributed by atoms with Crippen LogP contribution in [0.4, 0.5) is 0 Å². The van der Waals surface area contributed by atoms with Gasteiger partial charge in [-0.25, -0.2) is 8.42 Å². The van der Waals surface area contributed by atoms with E-state index in [1.54, 1.807) is 24.1 Å². The van der Waals surface area contributed by atoms with Gasteiger partial charge in [-0.2, -0.15) is 4.31 Å². The van der Waals surface area contributed by atoms with Gasteiger partial charge in [0.05, 0.1) is 4.90 Å². The largest absolute Gasteiger partial charge is 0.342 e. The minimum absolute atomic E-state index is 0.0840. The molecular formula is C21H26N2O3S. The summed E-state index contributed by atoms with van der Waals surface area (Å²) in [5.74, 6) is -0.0840. The van der Waals surface area contributed by atoms with Gasteiger partial charge in [-0.15, -0.1) is 0 Å². The van der Waals surface area contributed by atoms with Gasteiger partial charge in [0.2, 0.25) is 10.0 Å². The molecule has 1 amide bonds. The second kappa shape index (κ2) is 8.23. The van der Waals surface area contributed by atoms with Gasteiger partial charge in [-0.05, 0) is 48.2 Å². The van der Waals surface area contributed by atoms with Crippen LogP contribution in [0.5, 0.6) is 0 Å². The van der Waals surface area contributed by atoms with Crippen molar-refractivity contribution in [3.8, 4) is 0 Å². The van der Waals surface area contributed by atoms with E-state index in [0.29, 0.717) is 31.6 Å². The smallest absolute Gasteiger partial charge is 0.253 e. The maximum Gasteiger partial charge on any atom is 0.253 e. The highest BCUT2D eigenvalue weighted by Crippen LogP contribution is 2.25. The molecule has 0 unspecified atom stereocenters. The molecule has 0 N–H and O–H groups in total. The molecule has 0 radical (unpaired) electrons. The predicted octanol–water partition coefficient (Wildman–Crippen LogP) is 3.31. The third-order valence-electron chi connectivity index (χ3n) is 5.03. The summed E-state index contributed by atoms with van der Waals surface area (Å²) in [6.07, 6.45) is 2.69. The zero-order chi connectivity index (χ0) is 19.4. The zero-order valence-corrected chi connectivity index (χ0v) is 16.7. The van der Waals surface area contributed by atoms with Gasteiger partial charge < -0.3 is 4.90 Å². The van der Waals surface area contributed by atoms with Crippen molar-refractivity contribution in [2.45, 2.75) is 37.6 Å². The number of unbranched alkanes of at least 4 members (excludes halogenated alkanes) is 1. The summed E-state index contributed by atoms with van der Waals surface area (Å²) in [7, 11) is -1.80. The van der Waals surface area contributed by atoms with Crippen LogP contribution in [0.3, 0.4) is 0 Å². The Labute approximate surface area is 161 Å². The lowest BCUT2D eigenvalue weighted by Gasteiger charge is -2.28. The first-order valence-electron chi connectivity index (χ1n) is 9.36. The monoisotopic (exact) mass is 386 g/mol. The van der Waals surface area contributed by atoms with Crippen molar-refractivity contribution < 1.29 is 13.2 Å². The number of carbonyl (C=O) groups is 1. The fourth-order valence-electron chi connectivity index (χ4n) is 3.31. The Balaban J connectivity index is 1.75. The van der Waals surface area contributed by atoms with Crippen molar-refractivity contribution in [2.24, 2.45) is 0 Å². The quantitative estimate of drug-likeness (QED) is 0.765. The van der Waals surface area contributed by atoms with Gasteiger partial charge in [0.25, 0.3) is 5.91 Å². The summed E-state index contributed by atoms with van der Waals surface area (Å²) >= 11 is 0. The number of hydrogen-bond acceptors (Lipinski definition) is 3. The second-order valence-corrected chi connectivity index (χ2v) is 8.90. The molecule has 6 heteroatoms. The van der Waals surface area contributed by atoms with E-state index in [2.05, 4.69) is 13.0 Å². The van der Waals surface area contributed by atoms with E-state index in [9.17, 15) is 13.2 Å². The first kappa shape index (κ1) is 19.6.